The fourth-order valence-electron chi connectivity index (χ4n) is 3.85. The molecule has 1 aliphatic heterocycles. The lowest BCUT2D eigenvalue weighted by atomic mass is 9.99. The smallest absolute Gasteiger partial charge is 0.256 e. The summed E-state index contributed by atoms with van der Waals surface area (Å²) in [5, 5.41) is 3.49. The zero-order valence-electron chi connectivity index (χ0n) is 18.4. The summed E-state index contributed by atoms with van der Waals surface area (Å²) in [6.07, 6.45) is 1.81. The summed E-state index contributed by atoms with van der Waals surface area (Å²) in [4.78, 5) is 12.8. The summed E-state index contributed by atoms with van der Waals surface area (Å²) >= 11 is 0. The second-order valence-corrected chi connectivity index (χ2v) is 9.99. The third-order valence-corrected chi connectivity index (χ3v) is 7.29. The van der Waals surface area contributed by atoms with Gasteiger partial charge in [-0.25, -0.2) is 0 Å². The van der Waals surface area contributed by atoms with Crippen LogP contribution in [0.15, 0.2) is 66.7 Å². The van der Waals surface area contributed by atoms with Crippen molar-refractivity contribution < 1.29 is 18.6 Å². The average molecular weight is 447 g/mol. The van der Waals surface area contributed by atoms with Crippen molar-refractivity contribution in [1.29, 1.82) is 0 Å². The van der Waals surface area contributed by atoms with E-state index in [4.69, 9.17) is 9.26 Å². The van der Waals surface area contributed by atoms with Crippen LogP contribution in [0.25, 0.3) is 22.8 Å². The first kappa shape index (κ1) is 22.1. The van der Waals surface area contributed by atoms with Gasteiger partial charge < -0.3 is 14.6 Å². The molecule has 5 nitrogen and oxygen atoms in total. The fraction of sp³-hybridized carbons (Fsp3) is 0.192. The summed E-state index contributed by atoms with van der Waals surface area (Å²) in [7, 11) is -3.06. The van der Waals surface area contributed by atoms with Gasteiger partial charge in [0.05, 0.1) is 18.5 Å². The van der Waals surface area contributed by atoms with Gasteiger partial charge in [-0.1, -0.05) is 48.5 Å². The van der Waals surface area contributed by atoms with Gasteiger partial charge in [0.2, 0.25) is 7.37 Å². The minimum absolute atomic E-state index is 0.162. The van der Waals surface area contributed by atoms with Gasteiger partial charge in [0.25, 0.3) is 5.91 Å². The largest absolute Gasteiger partial charge is 0.493 e. The van der Waals surface area contributed by atoms with E-state index < -0.39 is 7.37 Å². The number of fused-ring (bicyclic) bond motifs is 1. The second kappa shape index (κ2) is 9.15. The molecule has 0 saturated carbocycles. The number of carbonyl (C=O) groups is 1. The van der Waals surface area contributed by atoms with Crippen LogP contribution in [0.2, 0.25) is 0 Å². The van der Waals surface area contributed by atoms with Gasteiger partial charge in [-0.05, 0) is 54.8 Å². The summed E-state index contributed by atoms with van der Waals surface area (Å²) in [5.74, 6) is 0.378. The standard InChI is InChI=1S/C26H26NO4P/c1-4-30-24-14-11-18(16-25(24)32(3,29)31-5-2)15-22-21-13-12-20(17-23(21)27-26(22)28)19-9-7-6-8-10-19/h6-17H,4-5H2,1-3H3,(H,27,28)/b22-15-. The molecule has 3 aromatic carbocycles. The quantitative estimate of drug-likeness (QED) is 0.366. The Hall–Kier alpha value is -3.14. The highest BCUT2D eigenvalue weighted by atomic mass is 31.2. The molecule has 4 rings (SSSR count). The molecule has 32 heavy (non-hydrogen) atoms. The van der Waals surface area contributed by atoms with Crippen LogP contribution in [-0.2, 0) is 13.9 Å². The molecule has 0 saturated heterocycles. The molecule has 164 valence electrons. The number of hydrogen-bond acceptors (Lipinski definition) is 4. The van der Waals surface area contributed by atoms with Gasteiger partial charge in [-0.2, -0.15) is 0 Å². The Kier molecular flexibility index (Phi) is 6.31. The van der Waals surface area contributed by atoms with Crippen molar-refractivity contribution >= 4 is 35.9 Å². The van der Waals surface area contributed by atoms with Gasteiger partial charge in [0, 0.05) is 23.5 Å². The van der Waals surface area contributed by atoms with Crippen molar-refractivity contribution in [3.05, 3.63) is 77.9 Å². The fourth-order valence-corrected chi connectivity index (χ4v) is 5.40. The van der Waals surface area contributed by atoms with Crippen molar-refractivity contribution in [2.75, 3.05) is 25.2 Å². The number of nitrogens with one attached hydrogen (secondary N) is 1. The molecule has 1 N–H and O–H groups in total. The highest BCUT2D eigenvalue weighted by molar-refractivity contribution is 7.66. The van der Waals surface area contributed by atoms with Crippen molar-refractivity contribution in [2.24, 2.45) is 0 Å². The molecule has 0 aromatic heterocycles. The van der Waals surface area contributed by atoms with E-state index in [1.54, 1.807) is 18.8 Å². The van der Waals surface area contributed by atoms with Crippen LogP contribution < -0.4 is 15.4 Å². The highest BCUT2D eigenvalue weighted by Gasteiger charge is 2.26. The van der Waals surface area contributed by atoms with Gasteiger partial charge >= 0.3 is 0 Å². The first-order valence-electron chi connectivity index (χ1n) is 10.6. The first-order valence-corrected chi connectivity index (χ1v) is 12.7. The Morgan fingerprint density at radius 2 is 1.72 bits per heavy atom. The lowest BCUT2D eigenvalue weighted by Gasteiger charge is -2.17. The van der Waals surface area contributed by atoms with Crippen LogP contribution in [-0.4, -0.2) is 25.8 Å². The molecule has 0 radical (unpaired) electrons. The second-order valence-electron chi connectivity index (χ2n) is 7.56. The molecule has 0 fully saturated rings. The van der Waals surface area contributed by atoms with Crippen LogP contribution in [0.5, 0.6) is 5.75 Å². The van der Waals surface area contributed by atoms with E-state index in [0.29, 0.717) is 29.8 Å². The predicted molar refractivity (Wildman–Crippen MR) is 131 cm³/mol. The number of rotatable bonds is 7. The topological polar surface area (TPSA) is 64.6 Å². The molecule has 1 heterocycles. The van der Waals surface area contributed by atoms with E-state index in [2.05, 4.69) is 5.32 Å². The van der Waals surface area contributed by atoms with Gasteiger partial charge in [0.1, 0.15) is 5.75 Å². The molecule has 1 unspecified atom stereocenters. The number of ether oxygens (including phenoxy) is 1. The number of carbonyl (C=O) groups excluding carboxylic acids is 1. The minimum Gasteiger partial charge on any atom is -0.493 e. The van der Waals surface area contributed by atoms with Gasteiger partial charge in [-0.15, -0.1) is 0 Å². The lowest BCUT2D eigenvalue weighted by molar-refractivity contribution is -0.110. The molecular weight excluding hydrogens is 421 g/mol. The van der Waals surface area contributed by atoms with Gasteiger partial charge in [0.15, 0.2) is 0 Å². The Bertz CT molecular complexity index is 1230. The Balaban J connectivity index is 1.74. The van der Waals surface area contributed by atoms with Crippen LogP contribution in [0.4, 0.5) is 5.69 Å². The maximum atomic E-state index is 13.1. The lowest BCUT2D eigenvalue weighted by Crippen LogP contribution is -2.12. The van der Waals surface area contributed by atoms with Crippen LogP contribution >= 0.6 is 7.37 Å². The van der Waals surface area contributed by atoms with Gasteiger partial charge in [-0.3, -0.25) is 9.36 Å². The zero-order valence-corrected chi connectivity index (χ0v) is 19.3. The van der Waals surface area contributed by atoms with Crippen LogP contribution in [0.1, 0.15) is 25.0 Å². The van der Waals surface area contributed by atoms with Crippen molar-refractivity contribution in [3.63, 3.8) is 0 Å². The molecule has 1 atom stereocenters. The number of benzene rings is 3. The Morgan fingerprint density at radius 3 is 2.44 bits per heavy atom. The zero-order chi connectivity index (χ0) is 22.7. The van der Waals surface area contributed by atoms with E-state index in [1.807, 2.05) is 74.5 Å². The number of anilines is 1. The van der Waals surface area contributed by atoms with Crippen molar-refractivity contribution in [3.8, 4) is 16.9 Å². The maximum Gasteiger partial charge on any atom is 0.256 e. The maximum absolute atomic E-state index is 13.1. The van der Waals surface area contributed by atoms with Crippen LogP contribution in [0.3, 0.4) is 0 Å². The van der Waals surface area contributed by atoms with Crippen LogP contribution in [0, 0.1) is 0 Å². The van der Waals surface area contributed by atoms with E-state index >= 15 is 0 Å². The monoisotopic (exact) mass is 447 g/mol. The molecule has 0 bridgehead atoms. The number of hydrogen-bond donors (Lipinski definition) is 1. The molecule has 0 spiro atoms. The van der Waals surface area contributed by atoms with E-state index in [0.717, 1.165) is 27.9 Å². The average Bonchev–Trinajstić information content (AvgIpc) is 3.09. The Morgan fingerprint density at radius 1 is 0.938 bits per heavy atom. The molecule has 6 heteroatoms. The first-order chi connectivity index (χ1) is 15.4. The SMILES string of the molecule is CCOc1ccc(/C=C2\C(=O)Nc3cc(-c4ccccc4)ccc32)cc1P(C)(=O)OCC. The molecule has 3 aromatic rings. The third-order valence-electron chi connectivity index (χ3n) is 5.32. The molecule has 1 aliphatic rings. The summed E-state index contributed by atoms with van der Waals surface area (Å²) < 4.78 is 24.3. The van der Waals surface area contributed by atoms with E-state index in [1.165, 1.54) is 0 Å². The predicted octanol–water partition coefficient (Wildman–Crippen LogP) is 5.81. The van der Waals surface area contributed by atoms with Crippen molar-refractivity contribution in [1.82, 2.24) is 0 Å². The van der Waals surface area contributed by atoms with E-state index in [9.17, 15) is 9.36 Å². The third kappa shape index (κ3) is 4.40. The summed E-state index contributed by atoms with van der Waals surface area (Å²) in [6, 6.07) is 21.4. The summed E-state index contributed by atoms with van der Waals surface area (Å²) in [5.41, 5.74) is 5.08. The Labute approximate surface area is 188 Å². The summed E-state index contributed by atoms with van der Waals surface area (Å²) in [6.45, 7) is 6.08. The highest BCUT2D eigenvalue weighted by Crippen LogP contribution is 2.45. The normalized spacial score (nSPS) is 15.8. The molecular formula is C26H26NO4P. The van der Waals surface area contributed by atoms with E-state index in [-0.39, 0.29) is 5.91 Å². The number of amides is 1. The molecule has 1 amide bonds. The molecule has 0 aliphatic carbocycles. The minimum atomic E-state index is -3.06. The van der Waals surface area contributed by atoms with Crippen molar-refractivity contribution in [2.45, 2.75) is 13.8 Å².